The van der Waals surface area contributed by atoms with Crippen LogP contribution in [0.25, 0.3) is 0 Å². The summed E-state index contributed by atoms with van der Waals surface area (Å²) < 4.78 is 18.5. The Hall–Kier alpha value is -2.67. The lowest BCUT2D eigenvalue weighted by atomic mass is 9.70. The smallest absolute Gasteiger partial charge is 0.274 e. The molecule has 0 aliphatic carbocycles. The van der Waals surface area contributed by atoms with E-state index in [-0.39, 0.29) is 23.5 Å². The number of carbonyl (C=O) groups excluding carboxylic acids is 1. The maximum Gasteiger partial charge on any atom is 0.274 e. The lowest BCUT2D eigenvalue weighted by Crippen LogP contribution is -2.57. The minimum atomic E-state index is -0.341. The number of likely N-dealkylation sites (tertiary alicyclic amines) is 1. The van der Waals surface area contributed by atoms with Gasteiger partial charge in [0.1, 0.15) is 11.3 Å². The molecule has 2 atom stereocenters. The number of nitrogens with zero attached hydrogens (tertiary/aromatic N) is 3. The Labute approximate surface area is 170 Å². The third-order valence-corrected chi connectivity index (χ3v) is 6.52. The van der Waals surface area contributed by atoms with Gasteiger partial charge < -0.3 is 19.1 Å². The molecule has 7 nitrogen and oxygen atoms in total. The third-order valence-electron chi connectivity index (χ3n) is 6.52. The maximum atomic E-state index is 12.8. The van der Waals surface area contributed by atoms with E-state index in [2.05, 4.69) is 16.0 Å². The van der Waals surface area contributed by atoms with Crippen LogP contribution in [0.4, 0.5) is 0 Å². The van der Waals surface area contributed by atoms with Gasteiger partial charge in [-0.2, -0.15) is 0 Å². The van der Waals surface area contributed by atoms with Crippen LogP contribution >= 0.6 is 0 Å². The van der Waals surface area contributed by atoms with E-state index in [1.165, 1.54) is 6.20 Å². The van der Waals surface area contributed by atoms with Crippen LogP contribution in [0.1, 0.15) is 47.8 Å². The molecule has 0 N–H and O–H groups in total. The number of amides is 1. The van der Waals surface area contributed by atoms with Gasteiger partial charge in [0.15, 0.2) is 11.5 Å². The van der Waals surface area contributed by atoms with E-state index in [0.29, 0.717) is 18.8 Å². The quantitative estimate of drug-likeness (QED) is 0.778. The number of rotatable bonds is 2. The fourth-order valence-electron chi connectivity index (χ4n) is 5.06. The first kappa shape index (κ1) is 18.4. The van der Waals surface area contributed by atoms with Crippen LogP contribution in [0.5, 0.6) is 11.5 Å². The van der Waals surface area contributed by atoms with Crippen molar-refractivity contribution in [2.45, 2.75) is 37.4 Å². The number of hydrogen-bond acceptors (Lipinski definition) is 6. The van der Waals surface area contributed by atoms with E-state index >= 15 is 0 Å². The van der Waals surface area contributed by atoms with Gasteiger partial charge in [-0.15, -0.1) is 0 Å². The van der Waals surface area contributed by atoms with Crippen LogP contribution in [0.2, 0.25) is 0 Å². The fourth-order valence-corrected chi connectivity index (χ4v) is 5.06. The summed E-state index contributed by atoms with van der Waals surface area (Å²) >= 11 is 0. The molecule has 2 saturated heterocycles. The van der Waals surface area contributed by atoms with E-state index in [1.807, 2.05) is 17.0 Å². The Morgan fingerprint density at radius 2 is 2.14 bits per heavy atom. The normalized spacial score (nSPS) is 24.9. The Balaban J connectivity index is 1.42. The number of piperidine rings is 1. The highest BCUT2D eigenvalue weighted by Crippen LogP contribution is 2.55. The SMILES string of the molecule is COc1cccc2c1OC1(CCN(C(=O)c3cnccn3)CC1)[C@H]1CCCO[C@H]21. The van der Waals surface area contributed by atoms with Gasteiger partial charge in [0.25, 0.3) is 5.91 Å². The molecule has 0 unspecified atom stereocenters. The number of fused-ring (bicyclic) bond motifs is 4. The molecule has 1 amide bonds. The van der Waals surface area contributed by atoms with Crippen molar-refractivity contribution in [3.05, 3.63) is 48.0 Å². The Morgan fingerprint density at radius 1 is 1.28 bits per heavy atom. The number of aromatic nitrogens is 2. The zero-order chi connectivity index (χ0) is 19.8. The van der Waals surface area contributed by atoms with E-state index in [9.17, 15) is 4.79 Å². The van der Waals surface area contributed by atoms with Crippen LogP contribution in [-0.4, -0.2) is 53.2 Å². The van der Waals surface area contributed by atoms with Gasteiger partial charge in [0.2, 0.25) is 0 Å². The van der Waals surface area contributed by atoms with Gasteiger partial charge >= 0.3 is 0 Å². The number of methoxy groups -OCH3 is 1. The van der Waals surface area contributed by atoms with E-state index < -0.39 is 0 Å². The summed E-state index contributed by atoms with van der Waals surface area (Å²) in [6.07, 6.45) is 8.30. The molecule has 0 bridgehead atoms. The number of para-hydroxylation sites is 1. The minimum Gasteiger partial charge on any atom is -0.493 e. The highest BCUT2D eigenvalue weighted by Gasteiger charge is 2.53. The highest BCUT2D eigenvalue weighted by molar-refractivity contribution is 5.92. The first-order valence-corrected chi connectivity index (χ1v) is 10.2. The number of ether oxygens (including phenoxy) is 3. The lowest BCUT2D eigenvalue weighted by Gasteiger charge is -2.53. The molecule has 152 valence electrons. The van der Waals surface area contributed by atoms with Crippen molar-refractivity contribution in [2.24, 2.45) is 5.92 Å². The molecule has 1 aromatic heterocycles. The molecule has 1 aromatic carbocycles. The monoisotopic (exact) mass is 395 g/mol. The van der Waals surface area contributed by atoms with Crippen LogP contribution in [0, 0.1) is 5.92 Å². The summed E-state index contributed by atoms with van der Waals surface area (Å²) in [6.45, 7) is 2.03. The minimum absolute atomic E-state index is 0.0184. The zero-order valence-electron chi connectivity index (χ0n) is 16.5. The maximum absolute atomic E-state index is 12.8. The molecular weight excluding hydrogens is 370 g/mol. The van der Waals surface area contributed by atoms with Gasteiger partial charge in [-0.05, 0) is 18.9 Å². The average Bonchev–Trinajstić information content (AvgIpc) is 2.80. The molecule has 2 aromatic rings. The van der Waals surface area contributed by atoms with Crippen molar-refractivity contribution in [3.8, 4) is 11.5 Å². The third kappa shape index (κ3) is 3.04. The molecular formula is C22H25N3O4. The second kappa shape index (κ2) is 7.30. The molecule has 2 fully saturated rings. The van der Waals surface area contributed by atoms with Crippen molar-refractivity contribution in [1.82, 2.24) is 14.9 Å². The van der Waals surface area contributed by atoms with Gasteiger partial charge in [0.05, 0.1) is 19.4 Å². The van der Waals surface area contributed by atoms with Gasteiger partial charge in [-0.3, -0.25) is 9.78 Å². The first-order valence-electron chi connectivity index (χ1n) is 10.2. The molecule has 0 radical (unpaired) electrons. The van der Waals surface area contributed by atoms with Crippen molar-refractivity contribution in [1.29, 1.82) is 0 Å². The van der Waals surface area contributed by atoms with Crippen LogP contribution in [-0.2, 0) is 4.74 Å². The first-order chi connectivity index (χ1) is 14.2. The van der Waals surface area contributed by atoms with E-state index in [0.717, 1.165) is 49.4 Å². The Kier molecular flexibility index (Phi) is 4.62. The summed E-state index contributed by atoms with van der Waals surface area (Å²) in [5.41, 5.74) is 1.13. The van der Waals surface area contributed by atoms with Crippen LogP contribution in [0.3, 0.4) is 0 Å². The molecule has 0 saturated carbocycles. The van der Waals surface area contributed by atoms with Crippen molar-refractivity contribution in [2.75, 3.05) is 26.8 Å². The van der Waals surface area contributed by atoms with Crippen LogP contribution < -0.4 is 9.47 Å². The predicted molar refractivity (Wildman–Crippen MR) is 105 cm³/mol. The van der Waals surface area contributed by atoms with Crippen LogP contribution in [0.15, 0.2) is 36.8 Å². The summed E-state index contributed by atoms with van der Waals surface area (Å²) in [5.74, 6) is 1.75. The highest BCUT2D eigenvalue weighted by atomic mass is 16.5. The summed E-state index contributed by atoms with van der Waals surface area (Å²) in [6, 6.07) is 6.01. The molecule has 1 spiro atoms. The van der Waals surface area contributed by atoms with E-state index in [4.69, 9.17) is 14.2 Å². The largest absolute Gasteiger partial charge is 0.493 e. The molecule has 5 rings (SSSR count). The number of hydrogen-bond donors (Lipinski definition) is 0. The number of benzene rings is 1. The summed E-state index contributed by atoms with van der Waals surface area (Å²) in [4.78, 5) is 22.8. The standard InChI is InChI=1S/C22H25N3O4/c1-27-18-6-2-4-15-19-16(5-3-13-28-19)22(29-20(15)18)7-11-25(12-8-22)21(26)17-14-23-9-10-24-17/h2,4,6,9-10,14,16,19H,3,5,7-8,11-13H2,1H3/t16-,19+/m0/s1. The van der Waals surface area contributed by atoms with Gasteiger partial charge in [0, 0.05) is 56.4 Å². The molecule has 3 aliphatic rings. The Bertz CT molecular complexity index is 896. The molecule has 4 heterocycles. The molecule has 29 heavy (non-hydrogen) atoms. The molecule has 3 aliphatic heterocycles. The summed E-state index contributed by atoms with van der Waals surface area (Å²) in [5, 5.41) is 0. The van der Waals surface area contributed by atoms with Crippen molar-refractivity contribution >= 4 is 5.91 Å². The van der Waals surface area contributed by atoms with Crippen molar-refractivity contribution < 1.29 is 19.0 Å². The zero-order valence-corrected chi connectivity index (χ0v) is 16.5. The van der Waals surface area contributed by atoms with Gasteiger partial charge in [-0.1, -0.05) is 12.1 Å². The fraction of sp³-hybridized carbons (Fsp3) is 0.500. The topological polar surface area (TPSA) is 73.8 Å². The summed E-state index contributed by atoms with van der Waals surface area (Å²) in [7, 11) is 1.67. The predicted octanol–water partition coefficient (Wildman–Crippen LogP) is 3.02. The van der Waals surface area contributed by atoms with Gasteiger partial charge in [-0.25, -0.2) is 4.98 Å². The van der Waals surface area contributed by atoms with Crippen molar-refractivity contribution in [3.63, 3.8) is 0 Å². The average molecular weight is 395 g/mol. The second-order valence-corrected chi connectivity index (χ2v) is 7.97. The number of carbonyl (C=O) groups is 1. The molecule has 7 heteroatoms. The van der Waals surface area contributed by atoms with E-state index in [1.54, 1.807) is 19.5 Å². The lowest BCUT2D eigenvalue weighted by molar-refractivity contribution is -0.147. The second-order valence-electron chi connectivity index (χ2n) is 7.97. The Morgan fingerprint density at radius 3 is 2.90 bits per heavy atom.